The van der Waals surface area contributed by atoms with E-state index in [4.69, 9.17) is 5.26 Å². The predicted molar refractivity (Wildman–Crippen MR) is 64.9 cm³/mol. The molecule has 2 aromatic carbocycles. The Morgan fingerprint density at radius 2 is 1.82 bits per heavy atom. The average Bonchev–Trinajstić information content (AvgIpc) is 2.37. The first-order chi connectivity index (χ1) is 8.29. The number of rotatable bonds is 3. The molecular weight excluding hydrogens is 213 g/mol. The van der Waals surface area contributed by atoms with Crippen LogP contribution in [-0.2, 0) is 6.42 Å². The molecule has 0 heterocycles. The zero-order chi connectivity index (χ0) is 12.1. The Kier molecular flexibility index (Phi) is 3.52. The van der Waals surface area contributed by atoms with Crippen LogP contribution in [0, 0.1) is 17.1 Å². The first-order valence-electron chi connectivity index (χ1n) is 5.48. The molecule has 0 aliphatic heterocycles. The first-order valence-corrected chi connectivity index (χ1v) is 5.48. The van der Waals surface area contributed by atoms with Gasteiger partial charge in [-0.15, -0.1) is 0 Å². The van der Waals surface area contributed by atoms with Gasteiger partial charge in [0.15, 0.2) is 0 Å². The zero-order valence-corrected chi connectivity index (χ0v) is 9.31. The minimum atomic E-state index is -0.257. The number of halogens is 1. The maximum atomic E-state index is 13.0. The fraction of sp³-hybridized carbons (Fsp3) is 0.133. The van der Waals surface area contributed by atoms with Crippen LogP contribution in [0.25, 0.3) is 0 Å². The van der Waals surface area contributed by atoms with E-state index in [1.165, 1.54) is 12.1 Å². The van der Waals surface area contributed by atoms with Gasteiger partial charge in [0.1, 0.15) is 5.82 Å². The van der Waals surface area contributed by atoms with E-state index in [0.29, 0.717) is 6.42 Å². The minimum absolute atomic E-state index is 0.224. The molecule has 0 amide bonds. The van der Waals surface area contributed by atoms with Gasteiger partial charge in [-0.05, 0) is 29.7 Å². The van der Waals surface area contributed by atoms with Crippen LogP contribution in [-0.4, -0.2) is 0 Å². The maximum absolute atomic E-state index is 13.0. The van der Waals surface area contributed by atoms with Crippen LogP contribution < -0.4 is 0 Å². The van der Waals surface area contributed by atoms with E-state index < -0.39 is 0 Å². The van der Waals surface area contributed by atoms with Crippen molar-refractivity contribution < 1.29 is 4.39 Å². The summed E-state index contributed by atoms with van der Waals surface area (Å²) in [5.41, 5.74) is 1.82. The Bertz CT molecular complexity index is 528. The standard InChI is InChI=1S/C15H12FN/c16-15-8-4-5-12(10-15)9-14(11-17)13-6-2-1-3-7-13/h1-8,10,14H,9H2. The summed E-state index contributed by atoms with van der Waals surface area (Å²) in [4.78, 5) is 0. The van der Waals surface area contributed by atoms with E-state index in [9.17, 15) is 4.39 Å². The van der Waals surface area contributed by atoms with E-state index >= 15 is 0 Å². The molecule has 0 radical (unpaired) electrons. The van der Waals surface area contributed by atoms with Gasteiger partial charge in [-0.2, -0.15) is 5.26 Å². The van der Waals surface area contributed by atoms with Crippen molar-refractivity contribution in [2.24, 2.45) is 0 Å². The van der Waals surface area contributed by atoms with Crippen LogP contribution in [0.2, 0.25) is 0 Å². The van der Waals surface area contributed by atoms with Crippen LogP contribution in [0.15, 0.2) is 54.6 Å². The molecule has 0 N–H and O–H groups in total. The molecule has 2 heteroatoms. The molecule has 0 bridgehead atoms. The second-order valence-corrected chi connectivity index (χ2v) is 3.93. The smallest absolute Gasteiger partial charge is 0.123 e. The number of benzene rings is 2. The molecule has 0 aliphatic carbocycles. The Morgan fingerprint density at radius 3 is 2.47 bits per heavy atom. The van der Waals surface area contributed by atoms with Crippen LogP contribution >= 0.6 is 0 Å². The second kappa shape index (κ2) is 5.27. The Hall–Kier alpha value is -2.14. The summed E-state index contributed by atoms with van der Waals surface area (Å²) in [6, 6.07) is 18.2. The maximum Gasteiger partial charge on any atom is 0.123 e. The van der Waals surface area contributed by atoms with Gasteiger partial charge in [-0.3, -0.25) is 0 Å². The minimum Gasteiger partial charge on any atom is -0.207 e. The highest BCUT2D eigenvalue weighted by Gasteiger charge is 2.11. The SMILES string of the molecule is N#CC(Cc1cccc(F)c1)c1ccccc1. The van der Waals surface area contributed by atoms with Gasteiger partial charge in [-0.1, -0.05) is 42.5 Å². The third kappa shape index (κ3) is 2.92. The molecular formula is C15H12FN. The molecule has 0 aliphatic rings. The van der Waals surface area contributed by atoms with Gasteiger partial charge in [0, 0.05) is 0 Å². The largest absolute Gasteiger partial charge is 0.207 e. The van der Waals surface area contributed by atoms with Crippen molar-refractivity contribution >= 4 is 0 Å². The third-order valence-electron chi connectivity index (χ3n) is 2.69. The predicted octanol–water partition coefficient (Wildman–Crippen LogP) is 3.68. The highest BCUT2D eigenvalue weighted by Crippen LogP contribution is 2.20. The molecule has 2 rings (SSSR count). The Balaban J connectivity index is 2.20. The van der Waals surface area contributed by atoms with Crippen LogP contribution in [0.3, 0.4) is 0 Å². The van der Waals surface area contributed by atoms with Crippen molar-refractivity contribution in [2.75, 3.05) is 0 Å². The van der Waals surface area contributed by atoms with Crippen molar-refractivity contribution in [1.29, 1.82) is 5.26 Å². The van der Waals surface area contributed by atoms with E-state index in [2.05, 4.69) is 6.07 Å². The van der Waals surface area contributed by atoms with Crippen molar-refractivity contribution in [2.45, 2.75) is 12.3 Å². The number of nitrogens with zero attached hydrogens (tertiary/aromatic N) is 1. The Labute approximate surface area is 100 Å². The zero-order valence-electron chi connectivity index (χ0n) is 9.31. The van der Waals surface area contributed by atoms with Crippen molar-refractivity contribution in [1.82, 2.24) is 0 Å². The van der Waals surface area contributed by atoms with Gasteiger partial charge in [-0.25, -0.2) is 4.39 Å². The molecule has 1 atom stereocenters. The molecule has 2 aromatic rings. The molecule has 1 nitrogen and oxygen atoms in total. The summed E-state index contributed by atoms with van der Waals surface area (Å²) in [6.45, 7) is 0. The average molecular weight is 225 g/mol. The molecule has 0 spiro atoms. The number of hydrogen-bond donors (Lipinski definition) is 0. The fourth-order valence-electron chi connectivity index (χ4n) is 1.82. The summed E-state index contributed by atoms with van der Waals surface area (Å²) in [7, 11) is 0. The highest BCUT2D eigenvalue weighted by atomic mass is 19.1. The summed E-state index contributed by atoms with van der Waals surface area (Å²) < 4.78 is 13.0. The van der Waals surface area contributed by atoms with E-state index in [0.717, 1.165) is 11.1 Å². The van der Waals surface area contributed by atoms with Crippen LogP contribution in [0.4, 0.5) is 4.39 Å². The first kappa shape index (κ1) is 11.3. The van der Waals surface area contributed by atoms with Gasteiger partial charge < -0.3 is 0 Å². The number of hydrogen-bond acceptors (Lipinski definition) is 1. The lowest BCUT2D eigenvalue weighted by Crippen LogP contribution is -2.00. The summed E-state index contributed by atoms with van der Waals surface area (Å²) in [5, 5.41) is 9.17. The fourth-order valence-corrected chi connectivity index (χ4v) is 1.82. The molecule has 17 heavy (non-hydrogen) atoms. The molecule has 0 saturated heterocycles. The van der Waals surface area contributed by atoms with E-state index in [1.54, 1.807) is 6.07 Å². The van der Waals surface area contributed by atoms with Crippen molar-refractivity contribution in [3.05, 3.63) is 71.5 Å². The normalized spacial score (nSPS) is 11.8. The van der Waals surface area contributed by atoms with Crippen molar-refractivity contribution in [3.63, 3.8) is 0 Å². The summed E-state index contributed by atoms with van der Waals surface area (Å²) in [5.74, 6) is -0.481. The lowest BCUT2D eigenvalue weighted by molar-refractivity contribution is 0.624. The molecule has 0 aromatic heterocycles. The van der Waals surface area contributed by atoms with E-state index in [-0.39, 0.29) is 11.7 Å². The summed E-state index contributed by atoms with van der Waals surface area (Å²) >= 11 is 0. The lowest BCUT2D eigenvalue weighted by Gasteiger charge is -2.09. The monoisotopic (exact) mass is 225 g/mol. The van der Waals surface area contributed by atoms with Crippen molar-refractivity contribution in [3.8, 4) is 6.07 Å². The second-order valence-electron chi connectivity index (χ2n) is 3.93. The van der Waals surface area contributed by atoms with Crippen LogP contribution in [0.1, 0.15) is 17.0 Å². The van der Waals surface area contributed by atoms with Crippen LogP contribution in [0.5, 0.6) is 0 Å². The van der Waals surface area contributed by atoms with Gasteiger partial charge in [0.25, 0.3) is 0 Å². The van der Waals surface area contributed by atoms with Gasteiger partial charge in [0.05, 0.1) is 12.0 Å². The molecule has 1 unspecified atom stereocenters. The molecule has 0 fully saturated rings. The van der Waals surface area contributed by atoms with E-state index in [1.807, 2.05) is 36.4 Å². The lowest BCUT2D eigenvalue weighted by atomic mass is 9.93. The van der Waals surface area contributed by atoms with Gasteiger partial charge in [0.2, 0.25) is 0 Å². The molecule has 84 valence electrons. The third-order valence-corrected chi connectivity index (χ3v) is 2.69. The Morgan fingerprint density at radius 1 is 1.06 bits per heavy atom. The highest BCUT2D eigenvalue weighted by molar-refractivity contribution is 5.28. The summed E-state index contributed by atoms with van der Waals surface area (Å²) in [6.07, 6.45) is 0.540. The number of nitriles is 1. The van der Waals surface area contributed by atoms with Gasteiger partial charge >= 0.3 is 0 Å². The topological polar surface area (TPSA) is 23.8 Å². The quantitative estimate of drug-likeness (QED) is 0.781. The molecule has 0 saturated carbocycles.